The molecular formula is C7H7ClN4. The molecule has 0 aliphatic rings. The van der Waals surface area contributed by atoms with E-state index in [4.69, 9.17) is 22.9 Å². The van der Waals surface area contributed by atoms with Gasteiger partial charge in [-0.15, -0.1) is 0 Å². The third-order valence-corrected chi connectivity index (χ3v) is 1.72. The van der Waals surface area contributed by atoms with Gasteiger partial charge in [-0.25, -0.2) is 0 Å². The van der Waals surface area contributed by atoms with Crippen LogP contribution >= 0.6 is 11.6 Å². The third kappa shape index (κ3) is 2.05. The number of hydrogen-bond donors (Lipinski definition) is 1. The Morgan fingerprint density at radius 3 is 2.92 bits per heavy atom. The smallest absolute Gasteiger partial charge is 0.0635 e. The van der Waals surface area contributed by atoms with Crippen LogP contribution in [0.25, 0.3) is 10.4 Å². The van der Waals surface area contributed by atoms with E-state index < -0.39 is 0 Å². The van der Waals surface area contributed by atoms with E-state index in [2.05, 4.69) is 10.0 Å². The van der Waals surface area contributed by atoms with Gasteiger partial charge in [-0.3, -0.25) is 0 Å². The molecular weight excluding hydrogens is 176 g/mol. The predicted octanol–water partition coefficient (Wildman–Crippen LogP) is 2.73. The zero-order valence-electron chi connectivity index (χ0n) is 6.24. The van der Waals surface area contributed by atoms with Gasteiger partial charge in [0.1, 0.15) is 0 Å². The summed E-state index contributed by atoms with van der Waals surface area (Å²) in [6.45, 7) is 0.303. The van der Waals surface area contributed by atoms with Gasteiger partial charge in [0.2, 0.25) is 0 Å². The number of nitrogens with zero attached hydrogens (tertiary/aromatic N) is 3. The molecule has 0 aliphatic heterocycles. The van der Waals surface area contributed by atoms with Crippen LogP contribution in [0, 0.1) is 0 Å². The average Bonchev–Trinajstić information content (AvgIpc) is 2.07. The standard InChI is InChI=1S/C7H7ClN4/c8-6-2-1-5(3-7(6)9)4-11-12-10/h1-3H,4,9H2. The zero-order valence-corrected chi connectivity index (χ0v) is 6.99. The molecule has 4 nitrogen and oxygen atoms in total. The molecule has 1 aromatic carbocycles. The lowest BCUT2D eigenvalue weighted by atomic mass is 10.2. The predicted molar refractivity (Wildman–Crippen MR) is 48.7 cm³/mol. The molecule has 0 aliphatic carbocycles. The number of rotatable bonds is 2. The van der Waals surface area contributed by atoms with Gasteiger partial charge in [0.25, 0.3) is 0 Å². The Morgan fingerprint density at radius 1 is 1.58 bits per heavy atom. The number of azide groups is 1. The van der Waals surface area contributed by atoms with Gasteiger partial charge in [0.05, 0.1) is 17.3 Å². The van der Waals surface area contributed by atoms with Crippen LogP contribution < -0.4 is 5.73 Å². The minimum Gasteiger partial charge on any atom is -0.398 e. The van der Waals surface area contributed by atoms with Gasteiger partial charge in [0, 0.05) is 4.91 Å². The molecule has 0 saturated carbocycles. The first-order valence-electron chi connectivity index (χ1n) is 3.29. The fourth-order valence-corrected chi connectivity index (χ4v) is 0.922. The number of benzene rings is 1. The molecule has 0 radical (unpaired) electrons. The molecule has 5 heteroatoms. The van der Waals surface area contributed by atoms with E-state index in [1.807, 2.05) is 0 Å². The fourth-order valence-electron chi connectivity index (χ4n) is 0.805. The molecule has 0 atom stereocenters. The first-order chi connectivity index (χ1) is 5.74. The molecule has 0 amide bonds. The summed E-state index contributed by atoms with van der Waals surface area (Å²) in [6.07, 6.45) is 0. The molecule has 0 bridgehead atoms. The van der Waals surface area contributed by atoms with Crippen LogP contribution in [0.5, 0.6) is 0 Å². The normalized spacial score (nSPS) is 9.08. The van der Waals surface area contributed by atoms with E-state index in [0.29, 0.717) is 17.3 Å². The molecule has 0 saturated heterocycles. The van der Waals surface area contributed by atoms with Crippen molar-refractivity contribution in [1.29, 1.82) is 0 Å². The second-order valence-corrected chi connectivity index (χ2v) is 2.65. The maximum Gasteiger partial charge on any atom is 0.0635 e. The lowest BCUT2D eigenvalue weighted by molar-refractivity contribution is 1.05. The Balaban J connectivity index is 2.89. The Bertz CT molecular complexity index is 330. The Hall–Kier alpha value is -1.38. The lowest BCUT2D eigenvalue weighted by Crippen LogP contribution is -1.88. The Kier molecular flexibility index (Phi) is 2.80. The summed E-state index contributed by atoms with van der Waals surface area (Å²) in [5.74, 6) is 0. The number of halogens is 1. The summed E-state index contributed by atoms with van der Waals surface area (Å²) >= 11 is 5.69. The van der Waals surface area contributed by atoms with Crippen LogP contribution in [0.1, 0.15) is 5.56 Å². The van der Waals surface area contributed by atoms with E-state index in [-0.39, 0.29) is 0 Å². The van der Waals surface area contributed by atoms with Gasteiger partial charge in [-0.2, -0.15) is 0 Å². The van der Waals surface area contributed by atoms with Gasteiger partial charge < -0.3 is 5.73 Å². The van der Waals surface area contributed by atoms with Gasteiger partial charge in [-0.1, -0.05) is 22.8 Å². The summed E-state index contributed by atoms with van der Waals surface area (Å²) in [6, 6.07) is 5.14. The summed E-state index contributed by atoms with van der Waals surface area (Å²) in [4.78, 5) is 2.63. The summed E-state index contributed by atoms with van der Waals surface area (Å²) in [5.41, 5.74) is 14.9. The molecule has 0 heterocycles. The average molecular weight is 183 g/mol. The minimum atomic E-state index is 0.303. The summed E-state index contributed by atoms with van der Waals surface area (Å²) < 4.78 is 0. The van der Waals surface area contributed by atoms with Gasteiger partial charge in [0.15, 0.2) is 0 Å². The minimum absolute atomic E-state index is 0.303. The van der Waals surface area contributed by atoms with Crippen LogP contribution in [0.3, 0.4) is 0 Å². The van der Waals surface area contributed by atoms with Crippen LogP contribution in [0.2, 0.25) is 5.02 Å². The van der Waals surface area contributed by atoms with Crippen molar-refractivity contribution >= 4 is 17.3 Å². The maximum atomic E-state index is 8.05. The van der Waals surface area contributed by atoms with E-state index in [1.165, 1.54) is 0 Å². The van der Waals surface area contributed by atoms with Crippen molar-refractivity contribution < 1.29 is 0 Å². The topological polar surface area (TPSA) is 74.8 Å². The van der Waals surface area contributed by atoms with Crippen LogP contribution in [0.4, 0.5) is 5.69 Å². The van der Waals surface area contributed by atoms with Crippen molar-refractivity contribution in [2.24, 2.45) is 5.11 Å². The van der Waals surface area contributed by atoms with Gasteiger partial charge >= 0.3 is 0 Å². The van der Waals surface area contributed by atoms with Crippen LogP contribution in [-0.2, 0) is 6.54 Å². The highest BCUT2D eigenvalue weighted by molar-refractivity contribution is 6.33. The molecule has 1 rings (SSSR count). The zero-order chi connectivity index (χ0) is 8.97. The summed E-state index contributed by atoms with van der Waals surface area (Å²) in [5, 5.41) is 3.91. The second-order valence-electron chi connectivity index (χ2n) is 2.24. The molecule has 1 aromatic rings. The third-order valence-electron chi connectivity index (χ3n) is 1.38. The SMILES string of the molecule is [N-]=[N+]=NCc1ccc(Cl)c(N)c1. The highest BCUT2D eigenvalue weighted by atomic mass is 35.5. The second kappa shape index (κ2) is 3.85. The van der Waals surface area contributed by atoms with E-state index in [0.717, 1.165) is 5.56 Å². The number of nitrogens with two attached hydrogens (primary N) is 1. The lowest BCUT2D eigenvalue weighted by Gasteiger charge is -1.99. The number of nitrogen functional groups attached to an aromatic ring is 1. The molecule has 0 unspecified atom stereocenters. The van der Waals surface area contributed by atoms with Crippen molar-refractivity contribution in [3.8, 4) is 0 Å². The Labute approximate surface area is 74.6 Å². The van der Waals surface area contributed by atoms with Crippen molar-refractivity contribution in [3.63, 3.8) is 0 Å². The van der Waals surface area contributed by atoms with Crippen LogP contribution in [0.15, 0.2) is 23.3 Å². The van der Waals surface area contributed by atoms with Crippen molar-refractivity contribution in [2.75, 3.05) is 5.73 Å². The molecule has 62 valence electrons. The quantitative estimate of drug-likeness (QED) is 0.325. The monoisotopic (exact) mass is 182 g/mol. The highest BCUT2D eigenvalue weighted by Gasteiger charge is 1.96. The van der Waals surface area contributed by atoms with Crippen molar-refractivity contribution in [2.45, 2.75) is 6.54 Å². The molecule has 2 N–H and O–H groups in total. The van der Waals surface area contributed by atoms with Crippen LogP contribution in [-0.4, -0.2) is 0 Å². The van der Waals surface area contributed by atoms with E-state index in [1.54, 1.807) is 18.2 Å². The first kappa shape index (κ1) is 8.71. The number of anilines is 1. The largest absolute Gasteiger partial charge is 0.398 e. The fraction of sp³-hybridized carbons (Fsp3) is 0.143. The Morgan fingerprint density at radius 2 is 2.33 bits per heavy atom. The van der Waals surface area contributed by atoms with E-state index in [9.17, 15) is 0 Å². The first-order valence-corrected chi connectivity index (χ1v) is 3.66. The van der Waals surface area contributed by atoms with Crippen molar-refractivity contribution in [1.82, 2.24) is 0 Å². The number of hydrogen-bond acceptors (Lipinski definition) is 2. The molecule has 0 spiro atoms. The maximum absolute atomic E-state index is 8.05. The summed E-state index contributed by atoms with van der Waals surface area (Å²) in [7, 11) is 0. The highest BCUT2D eigenvalue weighted by Crippen LogP contribution is 2.19. The molecule has 0 fully saturated rings. The van der Waals surface area contributed by atoms with Gasteiger partial charge in [-0.05, 0) is 23.2 Å². The van der Waals surface area contributed by atoms with E-state index >= 15 is 0 Å². The molecule has 0 aromatic heterocycles. The molecule has 12 heavy (non-hydrogen) atoms. The van der Waals surface area contributed by atoms with Crippen molar-refractivity contribution in [3.05, 3.63) is 39.2 Å².